The third-order valence-corrected chi connectivity index (χ3v) is 8.96. The maximum Gasteiger partial charge on any atom is 0.242 e. The molecule has 0 heterocycles. The molecule has 32 heavy (non-hydrogen) atoms. The molecule has 3 nitrogen and oxygen atoms in total. The first-order valence-corrected chi connectivity index (χ1v) is 15.8. The number of fused-ring (bicyclic) bond motifs is 5. The fourth-order valence-corrected chi connectivity index (χ4v) is 7.51. The molecule has 0 amide bonds. The molecule has 3 aliphatic carbocycles. The predicted octanol–water partition coefficient (Wildman–Crippen LogP) is 7.33. The molecule has 0 aromatic heterocycles. The van der Waals surface area contributed by atoms with Gasteiger partial charge >= 0.3 is 0 Å². The summed E-state index contributed by atoms with van der Waals surface area (Å²) in [5.41, 5.74) is 5.82. The lowest BCUT2D eigenvalue weighted by Gasteiger charge is -2.49. The molecule has 0 bridgehead atoms. The average Bonchev–Trinajstić information content (AvgIpc) is 3.09. The van der Waals surface area contributed by atoms with Crippen molar-refractivity contribution in [1.29, 1.82) is 0 Å². The molecule has 2 fully saturated rings. The summed E-state index contributed by atoms with van der Waals surface area (Å²) in [5.74, 6) is 3.27. The lowest BCUT2D eigenvalue weighted by Crippen LogP contribution is -2.42. The van der Waals surface area contributed by atoms with Crippen LogP contribution in [0.5, 0.6) is 5.75 Å². The van der Waals surface area contributed by atoms with Gasteiger partial charge in [0.1, 0.15) is 12.4 Å². The minimum atomic E-state index is -1.57. The average molecular weight is 448 g/mol. The smallest absolute Gasteiger partial charge is 0.242 e. The van der Waals surface area contributed by atoms with Gasteiger partial charge in [-0.05, 0) is 105 Å². The highest BCUT2D eigenvalue weighted by atomic mass is 28.4. The van der Waals surface area contributed by atoms with Crippen LogP contribution < -0.4 is 4.43 Å². The summed E-state index contributed by atoms with van der Waals surface area (Å²) in [7, 11) is -1.57. The van der Waals surface area contributed by atoms with Gasteiger partial charge in [0.15, 0.2) is 0 Å². The molecule has 0 unspecified atom stereocenters. The van der Waals surface area contributed by atoms with E-state index in [1.807, 2.05) is 6.07 Å². The van der Waals surface area contributed by atoms with Crippen LogP contribution in [0.3, 0.4) is 0 Å². The molecule has 2 saturated carbocycles. The summed E-state index contributed by atoms with van der Waals surface area (Å²) < 4.78 is 6.28. The van der Waals surface area contributed by atoms with Gasteiger partial charge in [0.05, 0.1) is 5.71 Å². The third-order valence-electron chi connectivity index (χ3n) is 8.11. The van der Waals surface area contributed by atoms with E-state index < -0.39 is 8.32 Å². The van der Waals surface area contributed by atoms with Crippen LogP contribution in [0.1, 0.15) is 61.6 Å². The van der Waals surface area contributed by atoms with Crippen LogP contribution in [-0.2, 0) is 17.9 Å². The number of benzene rings is 2. The second kappa shape index (κ2) is 8.37. The zero-order chi connectivity index (χ0) is 22.3. The number of oxime groups is 1. The van der Waals surface area contributed by atoms with E-state index in [1.165, 1.54) is 48.9 Å². The van der Waals surface area contributed by atoms with Gasteiger partial charge in [-0.15, -0.1) is 0 Å². The Balaban J connectivity index is 1.31. The highest BCUT2D eigenvalue weighted by Crippen LogP contribution is 2.60. The van der Waals surface area contributed by atoms with Crippen LogP contribution >= 0.6 is 0 Å². The van der Waals surface area contributed by atoms with Crippen LogP contribution in [0.25, 0.3) is 0 Å². The number of hydrogen-bond acceptors (Lipinski definition) is 3. The molecule has 0 N–H and O–H groups in total. The molecule has 4 heteroatoms. The van der Waals surface area contributed by atoms with Gasteiger partial charge in [0.25, 0.3) is 0 Å². The monoisotopic (exact) mass is 447 g/mol. The molecule has 0 radical (unpaired) electrons. The Hall–Kier alpha value is -2.07. The van der Waals surface area contributed by atoms with E-state index in [0.29, 0.717) is 12.5 Å². The summed E-state index contributed by atoms with van der Waals surface area (Å²) in [4.78, 5) is 5.84. The number of aryl methyl sites for hydroxylation is 1. The standard InChI is InChI=1S/C28H37NO2Si/c1-28-17-16-24-23-13-11-22(31-32(2,3)4)18-21(23)10-12-25(24)26(28)14-15-27(28)29-30-19-20-8-6-5-7-9-20/h5-9,11,13,18,24-26H,10,12,14-17,19H2,1-4H3/b29-27-/t24-,25-,26+,28+/m1/s1. The molecule has 2 aromatic carbocycles. The van der Waals surface area contributed by atoms with Crippen LogP contribution in [0.2, 0.25) is 19.6 Å². The van der Waals surface area contributed by atoms with Crippen molar-refractivity contribution in [3.63, 3.8) is 0 Å². The Morgan fingerprint density at radius 1 is 1.00 bits per heavy atom. The summed E-state index contributed by atoms with van der Waals surface area (Å²) in [5, 5.41) is 4.71. The van der Waals surface area contributed by atoms with Crippen molar-refractivity contribution in [2.75, 3.05) is 0 Å². The molecule has 0 spiro atoms. The van der Waals surface area contributed by atoms with E-state index in [0.717, 1.165) is 24.0 Å². The van der Waals surface area contributed by atoms with Crippen molar-refractivity contribution in [2.45, 2.75) is 77.6 Å². The second-order valence-electron chi connectivity index (χ2n) is 11.3. The van der Waals surface area contributed by atoms with Crippen LogP contribution in [0.4, 0.5) is 0 Å². The molecule has 2 aromatic rings. The van der Waals surface area contributed by atoms with Crippen molar-refractivity contribution in [1.82, 2.24) is 0 Å². The quantitative estimate of drug-likeness (QED) is 0.355. The van der Waals surface area contributed by atoms with Gasteiger partial charge in [-0.2, -0.15) is 0 Å². The SMILES string of the molecule is C[C@]12CC[C@@H]3c4ccc(O[Si](C)(C)C)cc4CC[C@H]3[C@@H]1CC/C2=N/OCc1ccccc1. The van der Waals surface area contributed by atoms with Gasteiger partial charge in [-0.25, -0.2) is 0 Å². The number of hydrogen-bond donors (Lipinski definition) is 0. The molecule has 0 aliphatic heterocycles. The van der Waals surface area contributed by atoms with Crippen LogP contribution in [-0.4, -0.2) is 14.0 Å². The third kappa shape index (κ3) is 4.14. The highest BCUT2D eigenvalue weighted by molar-refractivity contribution is 6.70. The van der Waals surface area contributed by atoms with Gasteiger partial charge in [0, 0.05) is 5.41 Å². The summed E-state index contributed by atoms with van der Waals surface area (Å²) in [6.07, 6.45) is 7.32. The van der Waals surface area contributed by atoms with Crippen LogP contribution in [0.15, 0.2) is 53.7 Å². The number of nitrogens with zero attached hydrogens (tertiary/aromatic N) is 1. The Bertz CT molecular complexity index is 996. The topological polar surface area (TPSA) is 30.8 Å². The zero-order valence-corrected chi connectivity index (χ0v) is 21.1. The minimum absolute atomic E-state index is 0.205. The molecule has 170 valence electrons. The molecular weight excluding hydrogens is 410 g/mol. The molecule has 3 aliphatic rings. The van der Waals surface area contributed by atoms with E-state index in [-0.39, 0.29) is 5.41 Å². The first-order chi connectivity index (χ1) is 15.3. The Labute approximate surface area is 194 Å². The Morgan fingerprint density at radius 3 is 2.59 bits per heavy atom. The molecule has 5 rings (SSSR count). The summed E-state index contributed by atoms with van der Waals surface area (Å²) >= 11 is 0. The molecule has 4 atom stereocenters. The molecule has 0 saturated heterocycles. The first-order valence-electron chi connectivity index (χ1n) is 12.4. The normalized spacial score (nSPS) is 30.4. The second-order valence-corrected chi connectivity index (χ2v) is 15.7. The molecular formula is C28H37NO2Si. The van der Waals surface area contributed by atoms with Gasteiger partial charge in [0.2, 0.25) is 8.32 Å². The van der Waals surface area contributed by atoms with Gasteiger partial charge < -0.3 is 9.26 Å². The van der Waals surface area contributed by atoms with E-state index in [2.05, 4.69) is 69.0 Å². The van der Waals surface area contributed by atoms with Crippen molar-refractivity contribution >= 4 is 14.0 Å². The zero-order valence-electron chi connectivity index (χ0n) is 20.1. The van der Waals surface area contributed by atoms with Crippen molar-refractivity contribution in [2.24, 2.45) is 22.4 Å². The Morgan fingerprint density at radius 2 is 1.81 bits per heavy atom. The van der Waals surface area contributed by atoms with E-state index in [4.69, 9.17) is 14.4 Å². The van der Waals surface area contributed by atoms with Crippen molar-refractivity contribution < 1.29 is 9.26 Å². The lowest BCUT2D eigenvalue weighted by molar-refractivity contribution is 0.0870. The van der Waals surface area contributed by atoms with Crippen molar-refractivity contribution in [3.8, 4) is 5.75 Å². The van der Waals surface area contributed by atoms with Crippen molar-refractivity contribution in [3.05, 3.63) is 65.2 Å². The number of rotatable bonds is 5. The largest absolute Gasteiger partial charge is 0.544 e. The predicted molar refractivity (Wildman–Crippen MR) is 134 cm³/mol. The van der Waals surface area contributed by atoms with Gasteiger partial charge in [-0.1, -0.05) is 48.5 Å². The summed E-state index contributed by atoms with van der Waals surface area (Å²) in [6.45, 7) is 9.80. The minimum Gasteiger partial charge on any atom is -0.544 e. The fourth-order valence-electron chi connectivity index (χ4n) is 6.67. The van der Waals surface area contributed by atoms with Gasteiger partial charge in [-0.3, -0.25) is 0 Å². The maximum absolute atomic E-state index is 6.28. The first kappa shape index (κ1) is 21.8. The highest BCUT2D eigenvalue weighted by Gasteiger charge is 2.53. The Kier molecular flexibility index (Phi) is 5.69. The van der Waals surface area contributed by atoms with E-state index >= 15 is 0 Å². The lowest BCUT2D eigenvalue weighted by atomic mass is 9.55. The maximum atomic E-state index is 6.28. The van der Waals surface area contributed by atoms with E-state index in [1.54, 1.807) is 5.56 Å². The summed E-state index contributed by atoms with van der Waals surface area (Å²) in [6, 6.07) is 17.3. The fraction of sp³-hybridized carbons (Fsp3) is 0.536. The van der Waals surface area contributed by atoms with Crippen LogP contribution in [0, 0.1) is 17.3 Å². The van der Waals surface area contributed by atoms with E-state index in [9.17, 15) is 0 Å².